The number of morpholine rings is 1. The summed E-state index contributed by atoms with van der Waals surface area (Å²) in [5.41, 5.74) is 0.519. The van der Waals surface area contributed by atoms with E-state index in [-0.39, 0.29) is 48.2 Å². The summed E-state index contributed by atoms with van der Waals surface area (Å²) in [4.78, 5) is 17.5. The lowest BCUT2D eigenvalue weighted by Gasteiger charge is -2.54. The van der Waals surface area contributed by atoms with Crippen LogP contribution in [0.5, 0.6) is 0 Å². The largest absolute Gasteiger partial charge is 0.381 e. The van der Waals surface area contributed by atoms with Crippen LogP contribution >= 0.6 is 11.6 Å². The Balaban J connectivity index is 1.42. The molecule has 7 atom stereocenters. The van der Waals surface area contributed by atoms with E-state index in [0.29, 0.717) is 29.7 Å². The minimum atomic E-state index is -0.388. The first-order valence-corrected chi connectivity index (χ1v) is 12.0. The van der Waals surface area contributed by atoms with Gasteiger partial charge in [-0.05, 0) is 25.5 Å². The van der Waals surface area contributed by atoms with Crippen LogP contribution in [-0.2, 0) is 14.3 Å². The number of benzene rings is 1. The van der Waals surface area contributed by atoms with Gasteiger partial charge in [0.05, 0.1) is 44.0 Å². The summed E-state index contributed by atoms with van der Waals surface area (Å²) in [6.45, 7) is 8.22. The topological polar surface area (TPSA) is 66.1 Å². The molecule has 7 nitrogen and oxygen atoms in total. The second-order valence-electron chi connectivity index (χ2n) is 9.53. The summed E-state index contributed by atoms with van der Waals surface area (Å²) in [6.07, 6.45) is 0.721. The SMILES string of the molecule is CC1NC2C(c3ccc(Cl)cc3F)NC(N3CCOC(C4CCOC4)C3)CN2C(=O)C1C. The van der Waals surface area contributed by atoms with Gasteiger partial charge in [0.2, 0.25) is 5.91 Å². The van der Waals surface area contributed by atoms with Gasteiger partial charge in [-0.3, -0.25) is 20.3 Å². The summed E-state index contributed by atoms with van der Waals surface area (Å²) < 4.78 is 26.6. The molecule has 0 saturated carbocycles. The van der Waals surface area contributed by atoms with Crippen molar-refractivity contribution in [2.45, 2.75) is 50.8 Å². The molecule has 4 saturated heterocycles. The maximum Gasteiger partial charge on any atom is 0.228 e. The molecule has 4 aliphatic rings. The highest BCUT2D eigenvalue weighted by molar-refractivity contribution is 6.30. The number of hydrogen-bond donors (Lipinski definition) is 2. The van der Waals surface area contributed by atoms with Gasteiger partial charge < -0.3 is 14.4 Å². The fourth-order valence-corrected chi connectivity index (χ4v) is 5.64. The van der Waals surface area contributed by atoms with Crippen LogP contribution in [0, 0.1) is 17.7 Å². The molecule has 2 N–H and O–H groups in total. The van der Waals surface area contributed by atoms with E-state index in [9.17, 15) is 9.18 Å². The van der Waals surface area contributed by atoms with Crippen molar-refractivity contribution in [1.29, 1.82) is 0 Å². The summed E-state index contributed by atoms with van der Waals surface area (Å²) >= 11 is 6.01. The number of carbonyl (C=O) groups is 1. The molecule has 9 heteroatoms. The van der Waals surface area contributed by atoms with E-state index in [4.69, 9.17) is 21.1 Å². The third kappa shape index (κ3) is 4.17. The molecular weight excluding hydrogens is 435 g/mol. The normalized spacial score (nSPS) is 38.7. The molecule has 176 valence electrons. The van der Waals surface area contributed by atoms with Crippen molar-refractivity contribution >= 4 is 17.5 Å². The van der Waals surface area contributed by atoms with Crippen molar-refractivity contribution in [3.05, 3.63) is 34.6 Å². The van der Waals surface area contributed by atoms with Gasteiger partial charge in [0.1, 0.15) is 12.0 Å². The van der Waals surface area contributed by atoms with Crippen LogP contribution in [0.2, 0.25) is 5.02 Å². The maximum absolute atomic E-state index is 15.0. The zero-order valence-corrected chi connectivity index (χ0v) is 19.4. The number of halogens is 2. The van der Waals surface area contributed by atoms with Crippen LogP contribution in [-0.4, -0.2) is 79.6 Å². The highest BCUT2D eigenvalue weighted by Crippen LogP contribution is 2.34. The Hall–Kier alpha value is -1.29. The molecule has 32 heavy (non-hydrogen) atoms. The average molecular weight is 467 g/mol. The molecule has 1 aromatic rings. The van der Waals surface area contributed by atoms with Gasteiger partial charge in [0, 0.05) is 42.2 Å². The minimum Gasteiger partial charge on any atom is -0.381 e. The molecule has 0 radical (unpaired) electrons. The third-order valence-electron chi connectivity index (χ3n) is 7.60. The first-order valence-electron chi connectivity index (χ1n) is 11.6. The Morgan fingerprint density at radius 2 is 2.03 bits per heavy atom. The lowest BCUT2D eigenvalue weighted by molar-refractivity contribution is -0.153. The van der Waals surface area contributed by atoms with Crippen molar-refractivity contribution in [2.24, 2.45) is 11.8 Å². The number of hydrogen-bond acceptors (Lipinski definition) is 6. The fraction of sp³-hybridized carbons (Fsp3) is 0.696. The molecule has 0 bridgehead atoms. The van der Waals surface area contributed by atoms with E-state index in [0.717, 1.165) is 32.7 Å². The molecular formula is C23H32ClFN4O3. The Bertz CT molecular complexity index is 855. The van der Waals surface area contributed by atoms with Crippen LogP contribution in [0.3, 0.4) is 0 Å². The van der Waals surface area contributed by atoms with Gasteiger partial charge in [-0.1, -0.05) is 24.6 Å². The molecule has 0 aromatic heterocycles. The molecule has 7 unspecified atom stereocenters. The Labute approximate surface area is 193 Å². The van der Waals surface area contributed by atoms with Gasteiger partial charge in [-0.2, -0.15) is 0 Å². The van der Waals surface area contributed by atoms with E-state index in [1.807, 2.05) is 18.7 Å². The van der Waals surface area contributed by atoms with E-state index in [1.165, 1.54) is 6.07 Å². The first kappa shape index (κ1) is 22.5. The minimum absolute atomic E-state index is 0.00935. The summed E-state index contributed by atoms with van der Waals surface area (Å²) in [6, 6.07) is 4.39. The number of nitrogens with one attached hydrogen (secondary N) is 2. The van der Waals surface area contributed by atoms with Crippen LogP contribution < -0.4 is 10.6 Å². The summed E-state index contributed by atoms with van der Waals surface area (Å²) in [7, 11) is 0. The van der Waals surface area contributed by atoms with Crippen molar-refractivity contribution in [3.63, 3.8) is 0 Å². The van der Waals surface area contributed by atoms with Crippen molar-refractivity contribution in [3.8, 4) is 0 Å². The van der Waals surface area contributed by atoms with E-state index in [2.05, 4.69) is 15.5 Å². The molecule has 0 spiro atoms. The number of fused-ring (bicyclic) bond motifs is 1. The predicted molar refractivity (Wildman–Crippen MR) is 119 cm³/mol. The van der Waals surface area contributed by atoms with E-state index < -0.39 is 0 Å². The number of ether oxygens (including phenoxy) is 2. The second kappa shape index (κ2) is 9.16. The van der Waals surface area contributed by atoms with Gasteiger partial charge in [0.25, 0.3) is 0 Å². The number of nitrogens with zero attached hydrogens (tertiary/aromatic N) is 2. The molecule has 4 aliphatic heterocycles. The van der Waals surface area contributed by atoms with Crippen LogP contribution in [0.15, 0.2) is 18.2 Å². The maximum atomic E-state index is 15.0. The molecule has 0 aliphatic carbocycles. The van der Waals surface area contributed by atoms with Crippen LogP contribution in [0.4, 0.5) is 4.39 Å². The summed E-state index contributed by atoms with van der Waals surface area (Å²) in [5.74, 6) is 0.0202. The van der Waals surface area contributed by atoms with Crippen LogP contribution in [0.25, 0.3) is 0 Å². The predicted octanol–water partition coefficient (Wildman–Crippen LogP) is 1.97. The molecule has 1 aromatic carbocycles. The second-order valence-corrected chi connectivity index (χ2v) is 9.97. The zero-order valence-electron chi connectivity index (χ0n) is 18.6. The van der Waals surface area contributed by atoms with E-state index >= 15 is 0 Å². The Morgan fingerprint density at radius 3 is 2.78 bits per heavy atom. The number of piperazine rings is 1. The van der Waals surface area contributed by atoms with Crippen molar-refractivity contribution in [1.82, 2.24) is 20.4 Å². The molecule has 4 fully saturated rings. The van der Waals surface area contributed by atoms with Gasteiger partial charge in [-0.25, -0.2) is 4.39 Å². The first-order chi connectivity index (χ1) is 15.4. The Morgan fingerprint density at radius 1 is 1.19 bits per heavy atom. The lowest BCUT2D eigenvalue weighted by atomic mass is 9.91. The van der Waals surface area contributed by atoms with Crippen molar-refractivity contribution < 1.29 is 18.7 Å². The molecule has 4 heterocycles. The standard InChI is InChI=1S/C23H32ClFN4O3/c1-13-14(2)26-22-21(17-4-3-16(24)9-18(17)25)27-20(11-29(22)23(13)30)28-6-8-32-19(10-28)15-5-7-31-12-15/h3-4,9,13-15,19-22,26-27H,5-8,10-12H2,1-2H3. The smallest absolute Gasteiger partial charge is 0.228 e. The highest BCUT2D eigenvalue weighted by atomic mass is 35.5. The van der Waals surface area contributed by atoms with Crippen molar-refractivity contribution in [2.75, 3.05) is 39.5 Å². The van der Waals surface area contributed by atoms with Gasteiger partial charge >= 0.3 is 0 Å². The Kier molecular flexibility index (Phi) is 6.44. The van der Waals surface area contributed by atoms with Crippen LogP contribution in [0.1, 0.15) is 31.9 Å². The van der Waals surface area contributed by atoms with Gasteiger partial charge in [-0.15, -0.1) is 0 Å². The quantitative estimate of drug-likeness (QED) is 0.710. The number of carbonyl (C=O) groups excluding carboxylic acids is 1. The monoisotopic (exact) mass is 466 g/mol. The lowest BCUT2D eigenvalue weighted by Crippen LogP contribution is -2.73. The number of amides is 1. The zero-order chi connectivity index (χ0) is 22.4. The number of rotatable bonds is 3. The highest BCUT2D eigenvalue weighted by Gasteiger charge is 2.47. The average Bonchev–Trinajstić information content (AvgIpc) is 3.33. The summed E-state index contributed by atoms with van der Waals surface area (Å²) in [5, 5.41) is 7.58. The van der Waals surface area contributed by atoms with E-state index in [1.54, 1.807) is 12.1 Å². The fourth-order valence-electron chi connectivity index (χ4n) is 5.48. The molecule has 5 rings (SSSR count). The molecule has 1 amide bonds. The third-order valence-corrected chi connectivity index (χ3v) is 7.84. The van der Waals surface area contributed by atoms with Gasteiger partial charge in [0.15, 0.2) is 0 Å².